The largest absolute Gasteiger partial charge is 1.00 e. The molecule has 0 atom stereocenters. The first-order valence-corrected chi connectivity index (χ1v) is 4.21. The van der Waals surface area contributed by atoms with Crippen LogP contribution < -0.4 is 28.5 Å². The molecular weight excluding hydrogens is 189 g/mol. The number of rotatable bonds is 4. The molecule has 78 valence electrons. The fraction of sp³-hybridized carbons (Fsp3) is 0.300. The van der Waals surface area contributed by atoms with E-state index in [4.69, 9.17) is 9.84 Å². The third kappa shape index (κ3) is 4.77. The van der Waals surface area contributed by atoms with Gasteiger partial charge in [-0.2, -0.15) is 0 Å². The van der Waals surface area contributed by atoms with E-state index in [0.717, 1.165) is 5.69 Å². The molecule has 5 heteroatoms. The topological polar surface area (TPSA) is 49.8 Å². The molecule has 0 aromatic heterocycles. The number of ether oxygens (including phenoxy) is 1. The average molecular weight is 203 g/mol. The van der Waals surface area contributed by atoms with E-state index in [0.29, 0.717) is 5.75 Å². The van der Waals surface area contributed by atoms with E-state index < -0.39 is 5.97 Å². The molecule has 1 N–H and O–H groups in total. The molecule has 0 aliphatic heterocycles. The van der Waals surface area contributed by atoms with Gasteiger partial charge in [0.2, 0.25) is 0 Å². The minimum Gasteiger partial charge on any atom is -1.00 e. The molecule has 0 fully saturated rings. The van der Waals surface area contributed by atoms with Crippen molar-refractivity contribution in [2.45, 2.75) is 0 Å². The molecule has 0 radical (unpaired) electrons. The second kappa shape index (κ2) is 6.39. The minimum atomic E-state index is -0.971. The molecule has 0 unspecified atom stereocenters. The van der Waals surface area contributed by atoms with Crippen LogP contribution in [0.4, 0.5) is 5.69 Å². The molecule has 0 saturated carbocycles. The normalized spacial score (nSPS) is 8.93. The molecule has 1 aromatic rings. The molecule has 15 heavy (non-hydrogen) atoms. The summed E-state index contributed by atoms with van der Waals surface area (Å²) in [6, 6.07) is 7.24. The monoisotopic (exact) mass is 203 g/mol. The van der Waals surface area contributed by atoms with Crippen LogP contribution in [0.5, 0.6) is 5.75 Å². The van der Waals surface area contributed by atoms with E-state index in [9.17, 15) is 4.79 Å². The van der Waals surface area contributed by atoms with E-state index in [1.54, 1.807) is 12.1 Å². The minimum absolute atomic E-state index is 0. The van der Waals surface area contributed by atoms with Crippen LogP contribution in [-0.2, 0) is 4.79 Å². The van der Waals surface area contributed by atoms with Crippen LogP contribution >= 0.6 is 0 Å². The zero-order chi connectivity index (χ0) is 10.6. The van der Waals surface area contributed by atoms with E-state index in [1.807, 2.05) is 31.1 Å². The summed E-state index contributed by atoms with van der Waals surface area (Å²) in [5, 5.41) is 8.38. The fourth-order valence-electron chi connectivity index (χ4n) is 0.986. The van der Waals surface area contributed by atoms with Crippen LogP contribution in [-0.4, -0.2) is 31.8 Å². The first-order chi connectivity index (χ1) is 6.59. The Balaban J connectivity index is 0. The number of hydrogen-bond acceptors (Lipinski definition) is 3. The van der Waals surface area contributed by atoms with Gasteiger partial charge in [0, 0.05) is 19.8 Å². The SMILES string of the molecule is CN(C)c1ccc(OCC(=O)O)cc1.[H-].[Li+]. The van der Waals surface area contributed by atoms with Gasteiger partial charge in [-0.15, -0.1) is 0 Å². The summed E-state index contributed by atoms with van der Waals surface area (Å²) in [7, 11) is 3.88. The Bertz CT molecular complexity index is 316. The zero-order valence-electron chi connectivity index (χ0n) is 10.2. The van der Waals surface area contributed by atoms with Gasteiger partial charge in [0.15, 0.2) is 6.61 Å². The van der Waals surface area contributed by atoms with Gasteiger partial charge in [0.25, 0.3) is 0 Å². The number of nitrogens with zero attached hydrogens (tertiary/aromatic N) is 1. The van der Waals surface area contributed by atoms with E-state index in [1.165, 1.54) is 0 Å². The second-order valence-electron chi connectivity index (χ2n) is 3.07. The number of anilines is 1. The molecule has 1 rings (SSSR count). The van der Waals surface area contributed by atoms with Crippen molar-refractivity contribution in [1.29, 1.82) is 0 Å². The van der Waals surface area contributed by atoms with Gasteiger partial charge in [0.05, 0.1) is 0 Å². The predicted molar refractivity (Wildman–Crippen MR) is 55.0 cm³/mol. The van der Waals surface area contributed by atoms with Gasteiger partial charge in [-0.05, 0) is 24.3 Å². The van der Waals surface area contributed by atoms with Gasteiger partial charge in [-0.3, -0.25) is 0 Å². The predicted octanol–water partition coefficient (Wildman–Crippen LogP) is -1.67. The Morgan fingerprint density at radius 1 is 1.40 bits per heavy atom. The van der Waals surface area contributed by atoms with E-state index >= 15 is 0 Å². The molecule has 1 aromatic carbocycles. The molecular formula is C10H14LiNO3. The summed E-state index contributed by atoms with van der Waals surface area (Å²) >= 11 is 0. The number of carboxylic acids is 1. The smallest absolute Gasteiger partial charge is 1.00 e. The van der Waals surface area contributed by atoms with Crippen molar-refractivity contribution < 1.29 is 34.9 Å². The van der Waals surface area contributed by atoms with Crippen LogP contribution in [0.1, 0.15) is 1.43 Å². The molecule has 0 saturated heterocycles. The number of carboxylic acid groups (broad SMARTS) is 1. The van der Waals surface area contributed by atoms with Crippen molar-refractivity contribution in [3.63, 3.8) is 0 Å². The van der Waals surface area contributed by atoms with Crippen molar-refractivity contribution in [3.05, 3.63) is 24.3 Å². The molecule has 0 spiro atoms. The standard InChI is InChI=1S/C10H13NO3.Li.H/c1-11(2)8-3-5-9(6-4-8)14-7-10(12)13;;/h3-6H,7H2,1-2H3,(H,12,13);;/q;+1;-1. The Hall–Kier alpha value is -1.11. The van der Waals surface area contributed by atoms with Gasteiger partial charge in [0.1, 0.15) is 5.75 Å². The maximum Gasteiger partial charge on any atom is 1.00 e. The molecule has 0 aliphatic rings. The number of benzene rings is 1. The maximum atomic E-state index is 10.2. The quantitative estimate of drug-likeness (QED) is 0.595. The van der Waals surface area contributed by atoms with Crippen molar-refractivity contribution in [1.82, 2.24) is 0 Å². The maximum absolute atomic E-state index is 10.2. The summed E-state index contributed by atoms with van der Waals surface area (Å²) in [6.45, 7) is -0.304. The molecule has 0 amide bonds. The Labute approximate surface area is 103 Å². The summed E-state index contributed by atoms with van der Waals surface area (Å²) < 4.78 is 4.98. The Morgan fingerprint density at radius 2 is 1.93 bits per heavy atom. The Morgan fingerprint density at radius 3 is 2.33 bits per heavy atom. The first kappa shape index (κ1) is 13.9. The summed E-state index contributed by atoms with van der Waals surface area (Å²) in [6.07, 6.45) is 0. The molecule has 0 bridgehead atoms. The zero-order valence-corrected chi connectivity index (χ0v) is 9.23. The average Bonchev–Trinajstić information content (AvgIpc) is 2.15. The number of carbonyl (C=O) groups is 1. The summed E-state index contributed by atoms with van der Waals surface area (Å²) in [4.78, 5) is 12.2. The molecule has 0 aliphatic carbocycles. The van der Waals surface area contributed by atoms with Crippen LogP contribution in [0.2, 0.25) is 0 Å². The van der Waals surface area contributed by atoms with Crippen molar-refractivity contribution >= 4 is 11.7 Å². The van der Waals surface area contributed by atoms with Crippen LogP contribution in [0, 0.1) is 0 Å². The third-order valence-corrected chi connectivity index (χ3v) is 1.72. The Kier molecular flexibility index (Phi) is 5.91. The molecule has 0 heterocycles. The van der Waals surface area contributed by atoms with Gasteiger partial charge in [-0.1, -0.05) is 0 Å². The van der Waals surface area contributed by atoms with E-state index in [2.05, 4.69) is 0 Å². The third-order valence-electron chi connectivity index (χ3n) is 1.72. The summed E-state index contributed by atoms with van der Waals surface area (Å²) in [5.74, 6) is -0.403. The van der Waals surface area contributed by atoms with E-state index in [-0.39, 0.29) is 26.9 Å². The van der Waals surface area contributed by atoms with Crippen LogP contribution in [0.3, 0.4) is 0 Å². The van der Waals surface area contributed by atoms with Crippen molar-refractivity contribution in [3.8, 4) is 5.75 Å². The van der Waals surface area contributed by atoms with Crippen LogP contribution in [0.15, 0.2) is 24.3 Å². The summed E-state index contributed by atoms with van der Waals surface area (Å²) in [5.41, 5.74) is 1.05. The number of hydrogen-bond donors (Lipinski definition) is 1. The van der Waals surface area contributed by atoms with Crippen molar-refractivity contribution in [2.75, 3.05) is 25.6 Å². The van der Waals surface area contributed by atoms with Gasteiger partial charge in [-0.25, -0.2) is 4.79 Å². The second-order valence-corrected chi connectivity index (χ2v) is 3.07. The van der Waals surface area contributed by atoms with Crippen molar-refractivity contribution in [2.24, 2.45) is 0 Å². The fourth-order valence-corrected chi connectivity index (χ4v) is 0.986. The number of aliphatic carboxylic acids is 1. The first-order valence-electron chi connectivity index (χ1n) is 4.21. The van der Waals surface area contributed by atoms with Gasteiger partial charge < -0.3 is 16.2 Å². The van der Waals surface area contributed by atoms with Gasteiger partial charge >= 0.3 is 24.8 Å². The molecule has 4 nitrogen and oxygen atoms in total. The van der Waals surface area contributed by atoms with Crippen LogP contribution in [0.25, 0.3) is 0 Å².